The molecular weight excluding hydrogens is 580 g/mol. The van der Waals surface area contributed by atoms with Crippen LogP contribution in [0.15, 0.2) is 48.5 Å². The van der Waals surface area contributed by atoms with Gasteiger partial charge in [0.1, 0.15) is 12.2 Å². The monoisotopic (exact) mass is 613 g/mol. The van der Waals surface area contributed by atoms with Gasteiger partial charge >= 0.3 is 18.4 Å². The van der Waals surface area contributed by atoms with Gasteiger partial charge in [-0.3, -0.25) is 9.59 Å². The van der Waals surface area contributed by atoms with Gasteiger partial charge in [-0.15, -0.1) is 0 Å². The van der Waals surface area contributed by atoms with Crippen LogP contribution >= 0.6 is 0 Å². The van der Waals surface area contributed by atoms with Gasteiger partial charge in [-0.05, 0) is 62.8 Å². The number of alkyl halides is 6. The van der Waals surface area contributed by atoms with Crippen LogP contribution in [0.5, 0.6) is 0 Å². The van der Waals surface area contributed by atoms with Crippen molar-refractivity contribution in [1.82, 2.24) is 24.9 Å². The molecule has 2 fully saturated rings. The number of carbonyl (C=O) groups excluding carboxylic acids is 3. The quantitative estimate of drug-likeness (QED) is 0.444. The third-order valence-corrected chi connectivity index (χ3v) is 7.50. The maximum absolute atomic E-state index is 13.6. The lowest BCUT2D eigenvalue weighted by Crippen LogP contribution is -2.71. The standard InChI is InChI=1S/C29H33F6N5O3/c1-37(2)11-6-9-23-26(42)38(17-19-7-4-3-5-8-19)18-24-39(12-10-25(41)40(23)24)27(43)36-16-20-13-21(28(30,31)32)15-22(14-20)29(33,34)35/h3-5,7-8,13-15,23-24H,6,9-12,16-18H2,1-2H3,(H,36,43)/t23-,24+/m0/s1. The number of hydrogen-bond acceptors (Lipinski definition) is 4. The molecule has 4 rings (SSSR count). The van der Waals surface area contributed by atoms with Gasteiger partial charge in [-0.2, -0.15) is 26.3 Å². The Morgan fingerprint density at radius 1 is 0.953 bits per heavy atom. The van der Waals surface area contributed by atoms with Gasteiger partial charge in [-0.25, -0.2) is 4.79 Å². The Bertz CT molecular complexity index is 1290. The number of fused-ring (bicyclic) bond motifs is 1. The SMILES string of the molecule is CN(C)CCC[C@H]1C(=O)N(Cc2ccccc2)C[C@@H]2N(C(=O)NCc3cc(C(F)(F)F)cc(C(F)(F)F)c3)CCC(=O)N21. The number of urea groups is 1. The number of nitrogens with zero attached hydrogens (tertiary/aromatic N) is 4. The van der Waals surface area contributed by atoms with E-state index in [1.54, 1.807) is 4.90 Å². The topological polar surface area (TPSA) is 76.2 Å². The summed E-state index contributed by atoms with van der Waals surface area (Å²) in [5, 5.41) is 2.43. The number of rotatable bonds is 8. The van der Waals surface area contributed by atoms with Crippen molar-refractivity contribution in [3.05, 3.63) is 70.8 Å². The summed E-state index contributed by atoms with van der Waals surface area (Å²) in [6, 6.07) is 8.73. The first-order valence-electron chi connectivity index (χ1n) is 13.8. The van der Waals surface area contributed by atoms with E-state index in [1.165, 1.54) is 9.80 Å². The Kier molecular flexibility index (Phi) is 9.57. The summed E-state index contributed by atoms with van der Waals surface area (Å²) in [6.45, 7) is 0.263. The lowest BCUT2D eigenvalue weighted by molar-refractivity contribution is -0.167. The van der Waals surface area contributed by atoms with Crippen LogP contribution in [0.3, 0.4) is 0 Å². The average Bonchev–Trinajstić information content (AvgIpc) is 2.93. The minimum atomic E-state index is -5.02. The van der Waals surface area contributed by atoms with Crippen molar-refractivity contribution in [2.24, 2.45) is 0 Å². The van der Waals surface area contributed by atoms with Gasteiger partial charge in [0, 0.05) is 26.1 Å². The molecule has 2 aliphatic rings. The molecule has 2 heterocycles. The van der Waals surface area contributed by atoms with Gasteiger partial charge in [-0.1, -0.05) is 30.3 Å². The summed E-state index contributed by atoms with van der Waals surface area (Å²) in [5.41, 5.74) is -2.50. The molecule has 0 aromatic heterocycles. The second-order valence-electron chi connectivity index (χ2n) is 11.0. The number of piperazine rings is 1. The zero-order valence-corrected chi connectivity index (χ0v) is 23.7. The van der Waals surface area contributed by atoms with E-state index in [4.69, 9.17) is 0 Å². The molecule has 0 spiro atoms. The van der Waals surface area contributed by atoms with Crippen molar-refractivity contribution in [1.29, 1.82) is 0 Å². The zero-order valence-electron chi connectivity index (χ0n) is 23.7. The molecule has 2 atom stereocenters. The van der Waals surface area contributed by atoms with Crippen LogP contribution in [-0.2, 0) is 35.0 Å². The third-order valence-electron chi connectivity index (χ3n) is 7.50. The van der Waals surface area contributed by atoms with Gasteiger partial charge < -0.3 is 24.9 Å². The number of halogens is 6. The van der Waals surface area contributed by atoms with Crippen molar-refractivity contribution in [2.45, 2.75) is 56.9 Å². The fourth-order valence-corrected chi connectivity index (χ4v) is 5.44. The van der Waals surface area contributed by atoms with Crippen molar-refractivity contribution >= 4 is 17.8 Å². The summed E-state index contributed by atoms with van der Waals surface area (Å²) >= 11 is 0. The molecular formula is C29H33F6N5O3. The van der Waals surface area contributed by atoms with E-state index in [1.807, 2.05) is 49.3 Å². The maximum Gasteiger partial charge on any atom is 0.416 e. The molecule has 2 aromatic rings. The van der Waals surface area contributed by atoms with Gasteiger partial charge in [0.15, 0.2) is 0 Å². The Balaban J connectivity index is 1.58. The smallest absolute Gasteiger partial charge is 0.334 e. The van der Waals surface area contributed by atoms with E-state index < -0.39 is 48.3 Å². The Morgan fingerprint density at radius 3 is 2.16 bits per heavy atom. The molecule has 14 heteroatoms. The molecule has 234 valence electrons. The van der Waals surface area contributed by atoms with E-state index in [-0.39, 0.29) is 49.5 Å². The van der Waals surface area contributed by atoms with E-state index in [2.05, 4.69) is 5.32 Å². The Hall–Kier alpha value is -3.81. The predicted octanol–water partition coefficient (Wildman–Crippen LogP) is 4.55. The fraction of sp³-hybridized carbons (Fsp3) is 0.483. The largest absolute Gasteiger partial charge is 0.416 e. The van der Waals surface area contributed by atoms with Crippen molar-refractivity contribution in [3.63, 3.8) is 0 Å². The Labute approximate surface area is 245 Å². The lowest BCUT2D eigenvalue weighted by atomic mass is 9.99. The van der Waals surface area contributed by atoms with Crippen LogP contribution in [0.4, 0.5) is 31.1 Å². The van der Waals surface area contributed by atoms with Gasteiger partial charge in [0.25, 0.3) is 0 Å². The molecule has 8 nitrogen and oxygen atoms in total. The maximum atomic E-state index is 13.6. The molecule has 2 aromatic carbocycles. The first kappa shape index (κ1) is 32.1. The van der Waals surface area contributed by atoms with Crippen molar-refractivity contribution < 1.29 is 40.7 Å². The highest BCUT2D eigenvalue weighted by Crippen LogP contribution is 2.36. The highest BCUT2D eigenvalue weighted by Gasteiger charge is 2.48. The van der Waals surface area contributed by atoms with Gasteiger partial charge in [0.2, 0.25) is 11.8 Å². The molecule has 4 amide bonds. The van der Waals surface area contributed by atoms with Crippen molar-refractivity contribution in [3.8, 4) is 0 Å². The number of hydrogen-bond donors (Lipinski definition) is 1. The van der Waals surface area contributed by atoms with Crippen molar-refractivity contribution in [2.75, 3.05) is 33.7 Å². The first-order valence-corrected chi connectivity index (χ1v) is 13.8. The highest BCUT2D eigenvalue weighted by atomic mass is 19.4. The van der Waals surface area contributed by atoms with Crippen LogP contribution in [-0.4, -0.2) is 83.4 Å². The minimum absolute atomic E-state index is 0.00114. The van der Waals surface area contributed by atoms with Crippen LogP contribution in [0.1, 0.15) is 41.5 Å². The average molecular weight is 614 g/mol. The second kappa shape index (κ2) is 12.8. The van der Waals surface area contributed by atoms with Crippen LogP contribution < -0.4 is 5.32 Å². The third kappa shape index (κ3) is 7.78. The molecule has 43 heavy (non-hydrogen) atoms. The number of amides is 4. The molecule has 1 N–H and O–H groups in total. The van der Waals surface area contributed by atoms with Crippen LogP contribution in [0.25, 0.3) is 0 Å². The summed E-state index contributed by atoms with van der Waals surface area (Å²) < 4.78 is 79.8. The second-order valence-corrected chi connectivity index (χ2v) is 11.0. The summed E-state index contributed by atoms with van der Waals surface area (Å²) in [7, 11) is 3.76. The van der Waals surface area contributed by atoms with Crippen LogP contribution in [0.2, 0.25) is 0 Å². The molecule has 0 saturated carbocycles. The Morgan fingerprint density at radius 2 is 1.58 bits per heavy atom. The molecule has 0 radical (unpaired) electrons. The number of nitrogens with one attached hydrogen (secondary N) is 1. The molecule has 0 unspecified atom stereocenters. The number of carbonyl (C=O) groups is 3. The first-order chi connectivity index (χ1) is 20.1. The van der Waals surface area contributed by atoms with E-state index >= 15 is 0 Å². The number of benzene rings is 2. The van der Waals surface area contributed by atoms with E-state index in [9.17, 15) is 40.7 Å². The minimum Gasteiger partial charge on any atom is -0.334 e. The van der Waals surface area contributed by atoms with E-state index in [0.29, 0.717) is 31.5 Å². The highest BCUT2D eigenvalue weighted by molar-refractivity contribution is 5.91. The van der Waals surface area contributed by atoms with Gasteiger partial charge in [0.05, 0.1) is 17.7 Å². The zero-order chi connectivity index (χ0) is 31.5. The van der Waals surface area contributed by atoms with Crippen LogP contribution in [0, 0.1) is 0 Å². The summed E-state index contributed by atoms with van der Waals surface area (Å²) in [5.74, 6) is -0.553. The molecule has 0 bridgehead atoms. The summed E-state index contributed by atoms with van der Waals surface area (Å²) in [6.07, 6.45) is -10.0. The predicted molar refractivity (Wildman–Crippen MR) is 144 cm³/mol. The normalized spacial score (nSPS) is 19.6. The molecule has 2 aliphatic heterocycles. The summed E-state index contributed by atoms with van der Waals surface area (Å²) in [4.78, 5) is 46.4. The lowest BCUT2D eigenvalue weighted by Gasteiger charge is -2.52. The molecule has 2 saturated heterocycles. The fourth-order valence-electron chi connectivity index (χ4n) is 5.44. The molecule has 0 aliphatic carbocycles. The van der Waals surface area contributed by atoms with E-state index in [0.717, 1.165) is 5.56 Å².